The van der Waals surface area contributed by atoms with Gasteiger partial charge in [0.05, 0.1) is 30.5 Å². The van der Waals surface area contributed by atoms with Crippen LogP contribution >= 0.6 is 0 Å². The van der Waals surface area contributed by atoms with Crippen LogP contribution < -0.4 is 5.19 Å². The van der Waals surface area contributed by atoms with Gasteiger partial charge in [0.1, 0.15) is 5.58 Å². The Morgan fingerprint density at radius 1 is 0.653 bits per heavy atom. The van der Waals surface area contributed by atoms with Crippen LogP contribution in [-0.4, -0.2) is 22.6 Å². The number of rotatable bonds is 9. The second-order valence-corrected chi connectivity index (χ2v) is 27.7. The van der Waals surface area contributed by atoms with Gasteiger partial charge in [-0.05, 0) is 104 Å². The quantitative estimate of drug-likeness (QED) is 0.107. The molecule has 369 valence electrons. The van der Waals surface area contributed by atoms with Crippen molar-refractivity contribution in [3.05, 3.63) is 192 Å². The van der Waals surface area contributed by atoms with Gasteiger partial charge in [0.15, 0.2) is 0 Å². The second-order valence-electron chi connectivity index (χ2n) is 22.7. The first-order chi connectivity index (χ1) is 34.5. The Hall–Kier alpha value is -6.17. The van der Waals surface area contributed by atoms with Gasteiger partial charge in [-0.1, -0.05) is 196 Å². The van der Waals surface area contributed by atoms with E-state index in [1.54, 1.807) is 0 Å². The monoisotopic (exact) mass is 1140 g/mol. The molecule has 0 unspecified atom stereocenters. The van der Waals surface area contributed by atoms with Crippen LogP contribution in [0.1, 0.15) is 106 Å². The molecular weight excluding hydrogens is 1070 g/mol. The second kappa shape index (κ2) is 20.7. The van der Waals surface area contributed by atoms with Crippen LogP contribution in [0, 0.1) is 17.5 Å². The summed E-state index contributed by atoms with van der Waals surface area (Å²) in [5.41, 5.74) is 16.4. The summed E-state index contributed by atoms with van der Waals surface area (Å²) in [6.45, 7) is 28.4. The Labute approximate surface area is 446 Å². The van der Waals surface area contributed by atoms with Gasteiger partial charge in [0.25, 0.3) is 0 Å². The zero-order valence-corrected chi connectivity index (χ0v) is 47.6. The van der Waals surface area contributed by atoms with Crippen molar-refractivity contribution < 1.29 is 27.3 Å². The van der Waals surface area contributed by atoms with Crippen LogP contribution in [0.5, 0.6) is 0 Å². The molecule has 0 bridgehead atoms. The molecule has 0 saturated heterocycles. The molecule has 6 heteroatoms. The average Bonchev–Trinajstić information content (AvgIpc) is 3.94. The topological polar surface area (TPSA) is 43.9 Å². The molecule has 1 radical (unpaired) electrons. The molecule has 10 aromatic rings. The molecular formula is C66H69IrN3OSi-2. The minimum atomic E-state index is -1.74. The summed E-state index contributed by atoms with van der Waals surface area (Å²) >= 11 is 0. The molecule has 10 rings (SSSR count). The van der Waals surface area contributed by atoms with Crippen molar-refractivity contribution >= 4 is 46.2 Å². The van der Waals surface area contributed by atoms with Gasteiger partial charge in [0, 0.05) is 40.1 Å². The maximum absolute atomic E-state index is 8.89. The van der Waals surface area contributed by atoms with E-state index in [9.17, 15) is 0 Å². The number of hydrogen-bond donors (Lipinski definition) is 0. The van der Waals surface area contributed by atoms with Crippen LogP contribution in [0.25, 0.3) is 83.6 Å². The van der Waals surface area contributed by atoms with Crippen molar-refractivity contribution in [3.63, 3.8) is 0 Å². The third kappa shape index (κ3) is 10.9. The summed E-state index contributed by atoms with van der Waals surface area (Å²) < 4.78 is 26.9. The third-order valence-electron chi connectivity index (χ3n) is 13.2. The Kier molecular flexibility index (Phi) is 14.2. The van der Waals surface area contributed by atoms with E-state index in [4.69, 9.17) is 17.1 Å². The van der Waals surface area contributed by atoms with E-state index in [1.807, 2.05) is 51.2 Å². The Morgan fingerprint density at radius 3 is 1.88 bits per heavy atom. The van der Waals surface area contributed by atoms with E-state index in [2.05, 4.69) is 212 Å². The molecule has 0 aliphatic carbocycles. The van der Waals surface area contributed by atoms with Gasteiger partial charge < -0.3 is 14.0 Å². The summed E-state index contributed by atoms with van der Waals surface area (Å²) in [7, 11) is -1.74. The molecule has 3 aromatic heterocycles. The van der Waals surface area contributed by atoms with Gasteiger partial charge >= 0.3 is 0 Å². The van der Waals surface area contributed by atoms with Crippen LogP contribution in [0.2, 0.25) is 19.6 Å². The van der Waals surface area contributed by atoms with Crippen molar-refractivity contribution in [1.29, 1.82) is 0 Å². The number of pyridine rings is 1. The largest absolute Gasteiger partial charge is 0.501 e. The number of imidazole rings is 1. The molecule has 0 N–H and O–H groups in total. The van der Waals surface area contributed by atoms with Crippen molar-refractivity contribution in [3.8, 4) is 50.6 Å². The van der Waals surface area contributed by atoms with Gasteiger partial charge in [0.2, 0.25) is 0 Å². The van der Waals surface area contributed by atoms with E-state index in [-0.39, 0.29) is 37.4 Å². The van der Waals surface area contributed by atoms with Crippen LogP contribution in [0.3, 0.4) is 0 Å². The minimum Gasteiger partial charge on any atom is -0.501 e. The number of aromatic nitrogens is 3. The van der Waals surface area contributed by atoms with E-state index in [1.165, 1.54) is 39.1 Å². The maximum Gasteiger partial charge on any atom is 0.121 e. The Balaban J connectivity index is 0.000000224. The van der Waals surface area contributed by atoms with Gasteiger partial charge in [-0.2, -0.15) is 0 Å². The van der Waals surface area contributed by atoms with Crippen molar-refractivity contribution in [2.45, 2.75) is 113 Å². The summed E-state index contributed by atoms with van der Waals surface area (Å²) in [4.78, 5) is 10.0. The molecule has 4 nitrogen and oxygen atoms in total. The predicted octanol–water partition coefficient (Wildman–Crippen LogP) is 18.0. The summed E-state index contributed by atoms with van der Waals surface area (Å²) in [5.74, 6) is 1.41. The molecule has 3 heterocycles. The summed E-state index contributed by atoms with van der Waals surface area (Å²) in [5, 5.41) is 3.25. The third-order valence-corrected chi connectivity index (χ3v) is 15.2. The first-order valence-electron chi connectivity index (χ1n) is 26.2. The fourth-order valence-corrected chi connectivity index (χ4v) is 10.9. The number of benzene rings is 7. The minimum absolute atomic E-state index is 0. The first kappa shape index (κ1) is 49.4. The number of hydrogen-bond acceptors (Lipinski definition) is 3. The van der Waals surface area contributed by atoms with E-state index in [0.29, 0.717) is 0 Å². The normalized spacial score (nSPS) is 12.8. The fourth-order valence-electron chi connectivity index (χ4n) is 9.54. The van der Waals surface area contributed by atoms with E-state index >= 15 is 0 Å². The van der Waals surface area contributed by atoms with E-state index in [0.717, 1.165) is 71.9 Å². The first-order valence-corrected chi connectivity index (χ1v) is 28.7. The molecule has 0 amide bonds. The summed E-state index contributed by atoms with van der Waals surface area (Å²) in [6.07, 6.45) is 0.472. The molecule has 0 aliphatic rings. The molecule has 0 spiro atoms. The maximum atomic E-state index is 8.89. The zero-order chi connectivity index (χ0) is 52.2. The smallest absolute Gasteiger partial charge is 0.121 e. The van der Waals surface area contributed by atoms with Crippen molar-refractivity contribution in [1.82, 2.24) is 14.5 Å². The van der Waals surface area contributed by atoms with Crippen LogP contribution in [-0.2, 0) is 31.9 Å². The SMILES string of the molecule is CC(C)c1cc(-c2ccccc2)cc(C(C)C)c1-n1c(-c2[c-]ccc3c2oc2cc(-c4ccccc4)ccc23)nc2ccccc21.[2H]C([2H])(c1cc(-c2[c-]ccc(C(C)(C)C)c2)ncc1[Si](C)(C)C)C(C)(C)C.[Ir]. The average molecular weight is 1140 g/mol. The number of fused-ring (bicyclic) bond motifs is 4. The van der Waals surface area contributed by atoms with Crippen molar-refractivity contribution in [2.75, 3.05) is 0 Å². The molecule has 0 saturated carbocycles. The Bertz CT molecular complexity index is 3580. The Morgan fingerprint density at radius 2 is 1.26 bits per heavy atom. The number of nitrogens with zero attached hydrogens (tertiary/aromatic N) is 3. The fraction of sp³-hybridized carbons (Fsp3) is 0.273. The van der Waals surface area contributed by atoms with Crippen molar-refractivity contribution in [2.24, 2.45) is 5.41 Å². The van der Waals surface area contributed by atoms with Gasteiger partial charge in [-0.3, -0.25) is 4.98 Å². The number of para-hydroxylation sites is 2. The zero-order valence-electron chi connectivity index (χ0n) is 46.2. The van der Waals surface area contributed by atoms with Gasteiger partial charge in [-0.25, -0.2) is 0 Å². The summed E-state index contributed by atoms with van der Waals surface area (Å²) in [6, 6.07) is 59.9. The van der Waals surface area contributed by atoms with E-state index < -0.39 is 19.9 Å². The standard InChI is InChI=1S/C43H35N2O.C23H34NSi.Ir/c1-27(2)36-24-32(30-16-9-6-10-17-30)25-37(28(3)4)41(36)45-39-21-12-11-20-38(39)44-43(45)35-19-13-18-34-33-23-22-31(26-40(33)46-42(34)35)29-14-7-5-8-15-29;1-22(2,3)15-18-14-20(24-16-21(18)25(7,8)9)17-11-10-12-19(13-17)23(4,5)6;/h5-18,20-28H,1-4H3;10,12-14,16H,15H2,1-9H3;/q2*-1;/i;15D2;. The van der Waals surface area contributed by atoms with Crippen LogP contribution in [0.4, 0.5) is 0 Å². The molecule has 0 aliphatic heterocycles. The molecule has 7 aromatic carbocycles. The van der Waals surface area contributed by atoms with Crippen LogP contribution in [0.15, 0.2) is 162 Å². The molecule has 72 heavy (non-hydrogen) atoms. The van der Waals surface area contributed by atoms with Gasteiger partial charge in [-0.15, -0.1) is 53.6 Å². The molecule has 0 atom stereocenters. The predicted molar refractivity (Wildman–Crippen MR) is 305 cm³/mol. The number of furan rings is 1. The molecule has 0 fully saturated rings.